The van der Waals surface area contributed by atoms with Crippen LogP contribution in [-0.4, -0.2) is 43.1 Å². The van der Waals surface area contributed by atoms with Gasteiger partial charge < -0.3 is 19.9 Å². The van der Waals surface area contributed by atoms with Crippen molar-refractivity contribution in [1.29, 1.82) is 0 Å². The van der Waals surface area contributed by atoms with E-state index < -0.39 is 6.10 Å². The van der Waals surface area contributed by atoms with Gasteiger partial charge in [-0.05, 0) is 56.7 Å². The number of nitrogens with one attached hydrogen (secondary N) is 1. The predicted molar refractivity (Wildman–Crippen MR) is 91.1 cm³/mol. The van der Waals surface area contributed by atoms with E-state index in [2.05, 4.69) is 5.32 Å². The van der Waals surface area contributed by atoms with E-state index in [9.17, 15) is 5.11 Å². The lowest BCUT2D eigenvalue weighted by Gasteiger charge is -2.36. The summed E-state index contributed by atoms with van der Waals surface area (Å²) >= 11 is 6.16. The van der Waals surface area contributed by atoms with Crippen LogP contribution in [0.2, 0.25) is 5.02 Å². The summed E-state index contributed by atoms with van der Waals surface area (Å²) in [6, 6.07) is 7.54. The third kappa shape index (κ3) is 4.60. The molecule has 5 heteroatoms. The molecule has 4 nitrogen and oxygen atoms in total. The van der Waals surface area contributed by atoms with Gasteiger partial charge in [-0.2, -0.15) is 0 Å². The van der Waals surface area contributed by atoms with Crippen molar-refractivity contribution in [2.75, 3.05) is 19.8 Å². The topological polar surface area (TPSA) is 50.7 Å². The van der Waals surface area contributed by atoms with Crippen molar-refractivity contribution in [3.63, 3.8) is 0 Å². The highest BCUT2D eigenvalue weighted by molar-refractivity contribution is 6.32. The first kappa shape index (κ1) is 17.0. The van der Waals surface area contributed by atoms with Gasteiger partial charge in [0.15, 0.2) is 0 Å². The zero-order valence-corrected chi connectivity index (χ0v) is 14.2. The molecule has 2 aliphatic rings. The molecule has 3 atom stereocenters. The Labute approximate surface area is 143 Å². The molecule has 1 aromatic rings. The predicted octanol–water partition coefficient (Wildman–Crippen LogP) is 3.02. The van der Waals surface area contributed by atoms with Crippen molar-refractivity contribution < 1.29 is 14.6 Å². The molecule has 3 rings (SSSR count). The lowest BCUT2D eigenvalue weighted by Crippen LogP contribution is -2.52. The van der Waals surface area contributed by atoms with Gasteiger partial charge in [-0.1, -0.05) is 23.7 Å². The molecule has 0 radical (unpaired) electrons. The molecule has 0 amide bonds. The van der Waals surface area contributed by atoms with Crippen molar-refractivity contribution in [3.8, 4) is 5.75 Å². The minimum absolute atomic E-state index is 0.0964. The molecular formula is C18H26ClNO3. The van der Waals surface area contributed by atoms with Crippen LogP contribution in [0.3, 0.4) is 0 Å². The van der Waals surface area contributed by atoms with E-state index >= 15 is 0 Å². The molecule has 1 aliphatic carbocycles. The van der Waals surface area contributed by atoms with Crippen LogP contribution in [0, 0.1) is 5.92 Å². The zero-order valence-electron chi connectivity index (χ0n) is 13.4. The minimum Gasteiger partial charge on any atom is -0.486 e. The van der Waals surface area contributed by atoms with Gasteiger partial charge in [0.2, 0.25) is 0 Å². The quantitative estimate of drug-likeness (QED) is 0.865. The Balaban J connectivity index is 1.53. The molecule has 23 heavy (non-hydrogen) atoms. The largest absolute Gasteiger partial charge is 0.486 e. The van der Waals surface area contributed by atoms with E-state index in [0.717, 1.165) is 51.9 Å². The fraction of sp³-hybridized carbons (Fsp3) is 0.667. The van der Waals surface area contributed by atoms with Gasteiger partial charge in [0.1, 0.15) is 18.0 Å². The van der Waals surface area contributed by atoms with Gasteiger partial charge in [-0.3, -0.25) is 0 Å². The van der Waals surface area contributed by atoms with Crippen LogP contribution in [0.1, 0.15) is 32.1 Å². The van der Waals surface area contributed by atoms with Crippen molar-refractivity contribution in [3.05, 3.63) is 29.3 Å². The molecule has 0 unspecified atom stereocenters. The van der Waals surface area contributed by atoms with E-state index in [0.29, 0.717) is 16.7 Å². The maximum Gasteiger partial charge on any atom is 0.138 e. The van der Waals surface area contributed by atoms with Gasteiger partial charge in [0.25, 0.3) is 0 Å². The number of aliphatic hydroxyl groups excluding tert-OH is 1. The highest BCUT2D eigenvalue weighted by Gasteiger charge is 2.33. The van der Waals surface area contributed by atoms with E-state index in [-0.39, 0.29) is 12.1 Å². The summed E-state index contributed by atoms with van der Waals surface area (Å²) in [5.74, 6) is 1.31. The molecule has 1 aliphatic heterocycles. The van der Waals surface area contributed by atoms with Crippen LogP contribution in [0.15, 0.2) is 24.3 Å². The average molecular weight is 340 g/mol. The van der Waals surface area contributed by atoms with Crippen molar-refractivity contribution in [1.82, 2.24) is 5.32 Å². The first-order chi connectivity index (χ1) is 11.2. The minimum atomic E-state index is -0.500. The standard InChI is InChI=1S/C18H26ClNO3/c19-14-4-1-2-6-16(14)23-17-7-3-5-15(18(17)21)20-12-13-8-10-22-11-9-13/h1-2,4,6,13,15,17-18,20-21H,3,5,7-12H2/t15-,17+,18+/m0/s1. The molecular weight excluding hydrogens is 314 g/mol. The van der Waals surface area contributed by atoms with Gasteiger partial charge >= 0.3 is 0 Å². The van der Waals surface area contributed by atoms with Crippen LogP contribution in [-0.2, 0) is 4.74 Å². The highest BCUT2D eigenvalue weighted by Crippen LogP contribution is 2.29. The van der Waals surface area contributed by atoms with E-state index in [4.69, 9.17) is 21.1 Å². The summed E-state index contributed by atoms with van der Waals surface area (Å²) < 4.78 is 11.4. The third-order valence-corrected chi connectivity index (χ3v) is 5.23. The maximum atomic E-state index is 10.7. The zero-order chi connectivity index (χ0) is 16.1. The van der Waals surface area contributed by atoms with Crippen molar-refractivity contribution >= 4 is 11.6 Å². The second kappa shape index (κ2) is 8.34. The number of hydrogen-bond acceptors (Lipinski definition) is 4. The molecule has 0 aromatic heterocycles. The molecule has 2 fully saturated rings. The van der Waals surface area contributed by atoms with Gasteiger partial charge in [-0.15, -0.1) is 0 Å². The molecule has 1 heterocycles. The fourth-order valence-corrected chi connectivity index (χ4v) is 3.64. The van der Waals surface area contributed by atoms with Crippen molar-refractivity contribution in [2.45, 2.75) is 50.4 Å². The summed E-state index contributed by atoms with van der Waals surface area (Å²) in [6.45, 7) is 2.67. The maximum absolute atomic E-state index is 10.7. The lowest BCUT2D eigenvalue weighted by atomic mass is 9.89. The number of aliphatic hydroxyl groups is 1. The second-order valence-corrected chi connectivity index (χ2v) is 6.99. The Morgan fingerprint density at radius 2 is 1.96 bits per heavy atom. The Bertz CT molecular complexity index is 493. The number of ether oxygens (including phenoxy) is 2. The summed E-state index contributed by atoms with van der Waals surface area (Å²) in [6.07, 6.45) is 4.42. The number of para-hydroxylation sites is 1. The van der Waals surface area contributed by atoms with Crippen LogP contribution in [0.4, 0.5) is 0 Å². The lowest BCUT2D eigenvalue weighted by molar-refractivity contribution is -0.0178. The monoisotopic (exact) mass is 339 g/mol. The first-order valence-electron chi connectivity index (χ1n) is 8.64. The van der Waals surface area contributed by atoms with Crippen molar-refractivity contribution in [2.24, 2.45) is 5.92 Å². The number of rotatable bonds is 5. The fourth-order valence-electron chi connectivity index (χ4n) is 3.46. The summed E-state index contributed by atoms with van der Waals surface area (Å²) in [5, 5.41) is 14.8. The van der Waals surface area contributed by atoms with Gasteiger partial charge in [0.05, 0.1) is 5.02 Å². The van der Waals surface area contributed by atoms with Gasteiger partial charge in [0, 0.05) is 19.3 Å². The normalized spacial score (nSPS) is 29.4. The number of hydrogen-bond donors (Lipinski definition) is 2. The van der Waals surface area contributed by atoms with Crippen LogP contribution in [0.25, 0.3) is 0 Å². The smallest absolute Gasteiger partial charge is 0.138 e. The van der Waals surface area contributed by atoms with E-state index in [1.165, 1.54) is 0 Å². The average Bonchev–Trinajstić information content (AvgIpc) is 2.58. The number of halogens is 1. The molecule has 1 aromatic carbocycles. The van der Waals surface area contributed by atoms with Crippen LogP contribution >= 0.6 is 11.6 Å². The summed E-state index contributed by atoms with van der Waals surface area (Å²) in [7, 11) is 0. The van der Waals surface area contributed by atoms with E-state index in [1.54, 1.807) is 0 Å². The Morgan fingerprint density at radius 1 is 1.17 bits per heavy atom. The molecule has 2 N–H and O–H groups in total. The Kier molecular flexibility index (Phi) is 6.17. The third-order valence-electron chi connectivity index (χ3n) is 4.92. The second-order valence-electron chi connectivity index (χ2n) is 6.58. The molecule has 128 valence electrons. The summed E-state index contributed by atoms with van der Waals surface area (Å²) in [4.78, 5) is 0. The van der Waals surface area contributed by atoms with Crippen LogP contribution in [0.5, 0.6) is 5.75 Å². The molecule has 1 saturated carbocycles. The molecule has 0 bridgehead atoms. The van der Waals surface area contributed by atoms with E-state index in [1.807, 2.05) is 24.3 Å². The molecule has 0 spiro atoms. The number of benzene rings is 1. The summed E-state index contributed by atoms with van der Waals surface area (Å²) in [5.41, 5.74) is 0. The first-order valence-corrected chi connectivity index (χ1v) is 9.02. The Hall–Kier alpha value is -0.810. The molecule has 1 saturated heterocycles. The highest BCUT2D eigenvalue weighted by atomic mass is 35.5. The van der Waals surface area contributed by atoms with Crippen LogP contribution < -0.4 is 10.1 Å². The van der Waals surface area contributed by atoms with Gasteiger partial charge in [-0.25, -0.2) is 0 Å². The Morgan fingerprint density at radius 3 is 2.74 bits per heavy atom. The SMILES string of the molecule is O[C@@H]1[C@@H](NCC2CCOCC2)CCC[C@H]1Oc1ccccc1Cl.